The Balaban J connectivity index is 1.46. The number of rotatable bonds is 4. The van der Waals surface area contributed by atoms with Gasteiger partial charge in [0.05, 0.1) is 0 Å². The Hall–Kier alpha value is -1.69. The molecule has 0 bridgehead atoms. The fraction of sp³-hybridized carbons (Fsp3) is 0.529. The van der Waals surface area contributed by atoms with E-state index in [0.717, 1.165) is 31.4 Å². The lowest BCUT2D eigenvalue weighted by molar-refractivity contribution is -0.121. The minimum atomic E-state index is -0.0137. The molecule has 1 aromatic rings. The van der Waals surface area contributed by atoms with E-state index in [1.807, 2.05) is 35.4 Å². The first-order valence-corrected chi connectivity index (χ1v) is 9.38. The van der Waals surface area contributed by atoms with Crippen molar-refractivity contribution in [2.75, 3.05) is 24.7 Å². The zero-order valence-corrected chi connectivity index (χ0v) is 14.2. The number of hydrogen-bond acceptors (Lipinski definition) is 3. The summed E-state index contributed by atoms with van der Waals surface area (Å²) in [6, 6.07) is 8.28. The molecule has 0 spiro atoms. The highest BCUT2D eigenvalue weighted by molar-refractivity contribution is 7.98. The van der Waals surface area contributed by atoms with Gasteiger partial charge in [-0.2, -0.15) is 0 Å². The van der Waals surface area contributed by atoms with E-state index in [1.165, 1.54) is 4.90 Å². The molecule has 0 atom stereocenters. The zero-order valence-electron chi connectivity index (χ0n) is 13.4. The van der Waals surface area contributed by atoms with Gasteiger partial charge in [0.15, 0.2) is 0 Å². The molecule has 124 valence electrons. The monoisotopic (exact) mass is 333 g/mol. The largest absolute Gasteiger partial charge is 0.335 e. The van der Waals surface area contributed by atoms with Gasteiger partial charge in [-0.3, -0.25) is 4.79 Å². The second-order valence-electron chi connectivity index (χ2n) is 6.20. The minimum absolute atomic E-state index is 0.0137. The van der Waals surface area contributed by atoms with E-state index in [4.69, 9.17) is 0 Å². The Morgan fingerprint density at radius 1 is 1.09 bits per heavy atom. The van der Waals surface area contributed by atoms with Crippen LogP contribution in [-0.4, -0.2) is 42.2 Å². The van der Waals surface area contributed by atoms with Gasteiger partial charge in [-0.15, -0.1) is 11.8 Å². The molecule has 2 fully saturated rings. The first-order chi connectivity index (χ1) is 11.2. The summed E-state index contributed by atoms with van der Waals surface area (Å²) >= 11 is 1.68. The van der Waals surface area contributed by atoms with Crippen LogP contribution in [0.25, 0.3) is 0 Å². The third kappa shape index (κ3) is 4.41. The molecule has 3 amide bonds. The number of carbonyl (C=O) groups excluding carboxylic acids is 2. The molecule has 1 saturated carbocycles. The van der Waals surface area contributed by atoms with Crippen LogP contribution < -0.4 is 10.6 Å². The molecule has 6 heteroatoms. The van der Waals surface area contributed by atoms with Gasteiger partial charge in [0, 0.05) is 35.6 Å². The van der Waals surface area contributed by atoms with Crippen LogP contribution in [0.1, 0.15) is 25.7 Å². The molecule has 0 radical (unpaired) electrons. The van der Waals surface area contributed by atoms with Gasteiger partial charge in [0.2, 0.25) is 5.91 Å². The molecule has 1 saturated heterocycles. The lowest BCUT2D eigenvalue weighted by Gasteiger charge is -2.31. The number of nitrogens with one attached hydrogen (secondary N) is 2. The SMILES string of the molecule is CSc1ccc(NC(=O)C2CCN(C(=O)NC3CC3)CC2)cc1. The molecule has 1 aliphatic carbocycles. The summed E-state index contributed by atoms with van der Waals surface area (Å²) in [5, 5.41) is 5.98. The number of carbonyl (C=O) groups is 2. The summed E-state index contributed by atoms with van der Waals surface area (Å²) in [4.78, 5) is 27.3. The maximum Gasteiger partial charge on any atom is 0.317 e. The van der Waals surface area contributed by atoms with Crippen molar-refractivity contribution in [3.05, 3.63) is 24.3 Å². The quantitative estimate of drug-likeness (QED) is 0.833. The van der Waals surface area contributed by atoms with E-state index >= 15 is 0 Å². The van der Waals surface area contributed by atoms with Crippen molar-refractivity contribution < 1.29 is 9.59 Å². The molecule has 2 N–H and O–H groups in total. The van der Waals surface area contributed by atoms with Crippen molar-refractivity contribution in [3.8, 4) is 0 Å². The van der Waals surface area contributed by atoms with Crippen molar-refractivity contribution in [1.82, 2.24) is 10.2 Å². The number of likely N-dealkylation sites (tertiary alicyclic amines) is 1. The second-order valence-corrected chi connectivity index (χ2v) is 7.08. The average molecular weight is 333 g/mol. The van der Waals surface area contributed by atoms with Crippen molar-refractivity contribution in [2.24, 2.45) is 5.92 Å². The third-order valence-corrected chi connectivity index (χ3v) is 5.16. The van der Waals surface area contributed by atoms with Crippen LogP contribution >= 0.6 is 11.8 Å². The molecule has 1 aromatic carbocycles. The molecule has 3 rings (SSSR count). The summed E-state index contributed by atoms with van der Waals surface area (Å²) in [6.45, 7) is 1.31. The predicted octanol–water partition coefficient (Wildman–Crippen LogP) is 2.93. The van der Waals surface area contributed by atoms with Crippen LogP contribution in [0.3, 0.4) is 0 Å². The first-order valence-electron chi connectivity index (χ1n) is 8.16. The molecule has 23 heavy (non-hydrogen) atoms. The molecular formula is C17H23N3O2S. The molecule has 0 unspecified atom stereocenters. The first kappa shape index (κ1) is 16.2. The van der Waals surface area contributed by atoms with E-state index in [-0.39, 0.29) is 17.9 Å². The number of urea groups is 1. The maximum absolute atomic E-state index is 12.4. The van der Waals surface area contributed by atoms with Gasteiger partial charge in [0.25, 0.3) is 0 Å². The summed E-state index contributed by atoms with van der Waals surface area (Å²) in [7, 11) is 0. The van der Waals surface area contributed by atoms with Crippen molar-refractivity contribution in [3.63, 3.8) is 0 Å². The van der Waals surface area contributed by atoms with Crippen LogP contribution in [0.2, 0.25) is 0 Å². The Labute approximate surface area is 141 Å². The standard InChI is InChI=1S/C17H23N3O2S/c1-23-15-6-4-13(5-7-15)18-16(21)12-8-10-20(11-9-12)17(22)19-14-2-3-14/h4-7,12,14H,2-3,8-11H2,1H3,(H,18,21)(H,19,22). The van der Waals surface area contributed by atoms with Crippen LogP contribution in [0.5, 0.6) is 0 Å². The number of nitrogens with zero attached hydrogens (tertiary/aromatic N) is 1. The Kier molecular flexibility index (Phi) is 5.10. The van der Waals surface area contributed by atoms with E-state index in [2.05, 4.69) is 10.6 Å². The third-order valence-electron chi connectivity index (χ3n) is 4.42. The smallest absolute Gasteiger partial charge is 0.317 e. The lowest BCUT2D eigenvalue weighted by atomic mass is 9.96. The topological polar surface area (TPSA) is 61.4 Å². The summed E-state index contributed by atoms with van der Waals surface area (Å²) in [5.74, 6) is 0.0457. The average Bonchev–Trinajstić information content (AvgIpc) is 3.39. The van der Waals surface area contributed by atoms with Gasteiger partial charge in [0.1, 0.15) is 0 Å². The van der Waals surface area contributed by atoms with Crippen molar-refractivity contribution in [2.45, 2.75) is 36.6 Å². The highest BCUT2D eigenvalue weighted by Crippen LogP contribution is 2.23. The van der Waals surface area contributed by atoms with Crippen LogP contribution in [-0.2, 0) is 4.79 Å². The number of piperidine rings is 1. The van der Waals surface area contributed by atoms with E-state index < -0.39 is 0 Å². The molecule has 0 aromatic heterocycles. The Bertz CT molecular complexity index is 564. The zero-order chi connectivity index (χ0) is 16.2. The van der Waals surface area contributed by atoms with Gasteiger partial charge < -0.3 is 15.5 Å². The highest BCUT2D eigenvalue weighted by Gasteiger charge is 2.30. The number of amides is 3. The Morgan fingerprint density at radius 3 is 2.30 bits per heavy atom. The molecule has 1 heterocycles. The normalized spacial score (nSPS) is 18.6. The fourth-order valence-corrected chi connectivity index (χ4v) is 3.17. The van der Waals surface area contributed by atoms with Gasteiger partial charge >= 0.3 is 6.03 Å². The predicted molar refractivity (Wildman–Crippen MR) is 92.7 cm³/mol. The number of hydrogen-bond donors (Lipinski definition) is 2. The van der Waals surface area contributed by atoms with Crippen LogP contribution in [0, 0.1) is 5.92 Å². The summed E-state index contributed by atoms with van der Waals surface area (Å²) in [5.41, 5.74) is 0.835. The second kappa shape index (κ2) is 7.25. The number of benzene rings is 1. The van der Waals surface area contributed by atoms with Crippen LogP contribution in [0.15, 0.2) is 29.2 Å². The fourth-order valence-electron chi connectivity index (χ4n) is 2.76. The highest BCUT2D eigenvalue weighted by atomic mass is 32.2. The molecule has 1 aliphatic heterocycles. The van der Waals surface area contributed by atoms with Gasteiger partial charge in [-0.25, -0.2) is 4.79 Å². The molecule has 2 aliphatic rings. The summed E-state index contributed by atoms with van der Waals surface area (Å²) in [6.07, 6.45) is 5.68. The molecule has 5 nitrogen and oxygen atoms in total. The molecular weight excluding hydrogens is 310 g/mol. The minimum Gasteiger partial charge on any atom is -0.335 e. The van der Waals surface area contributed by atoms with E-state index in [0.29, 0.717) is 19.1 Å². The number of anilines is 1. The van der Waals surface area contributed by atoms with Gasteiger partial charge in [-0.1, -0.05) is 0 Å². The summed E-state index contributed by atoms with van der Waals surface area (Å²) < 4.78 is 0. The van der Waals surface area contributed by atoms with Crippen molar-refractivity contribution >= 4 is 29.4 Å². The lowest BCUT2D eigenvalue weighted by Crippen LogP contribution is -2.46. The van der Waals surface area contributed by atoms with Gasteiger partial charge in [-0.05, 0) is 56.2 Å². The van der Waals surface area contributed by atoms with E-state index in [9.17, 15) is 9.59 Å². The maximum atomic E-state index is 12.4. The number of thioether (sulfide) groups is 1. The Morgan fingerprint density at radius 2 is 1.74 bits per heavy atom. The van der Waals surface area contributed by atoms with Crippen molar-refractivity contribution in [1.29, 1.82) is 0 Å². The van der Waals surface area contributed by atoms with E-state index in [1.54, 1.807) is 11.8 Å². The van der Waals surface area contributed by atoms with Crippen LogP contribution in [0.4, 0.5) is 10.5 Å².